The molecule has 0 aliphatic carbocycles. The van der Waals surface area contributed by atoms with Gasteiger partial charge >= 0.3 is 0 Å². The summed E-state index contributed by atoms with van der Waals surface area (Å²) in [7, 11) is 1.65. The predicted octanol–water partition coefficient (Wildman–Crippen LogP) is 4.12. The van der Waals surface area contributed by atoms with E-state index in [4.69, 9.17) is 9.15 Å². The maximum atomic E-state index is 12.9. The third kappa shape index (κ3) is 6.09. The number of carbonyl (C=O) groups excluding carboxylic acids is 1. The fourth-order valence-corrected chi connectivity index (χ4v) is 3.07. The molecule has 0 atom stereocenters. The Morgan fingerprint density at radius 2 is 1.86 bits per heavy atom. The minimum absolute atomic E-state index is 0.130. The Labute approximate surface area is 166 Å². The van der Waals surface area contributed by atoms with E-state index in [1.165, 1.54) is 41.6 Å². The lowest BCUT2D eigenvalue weighted by molar-refractivity contribution is -0.113. The molecule has 2 aromatic carbocycles. The summed E-state index contributed by atoms with van der Waals surface area (Å²) in [6, 6.07) is 13.5. The molecule has 0 unspecified atom stereocenters. The van der Waals surface area contributed by atoms with Crippen LogP contribution >= 0.6 is 11.8 Å². The molecular weight excluding hydrogens is 381 g/mol. The van der Waals surface area contributed by atoms with Crippen LogP contribution in [0.25, 0.3) is 0 Å². The highest BCUT2D eigenvalue weighted by molar-refractivity contribution is 7.99. The summed E-state index contributed by atoms with van der Waals surface area (Å²) in [6.07, 6.45) is 2.44. The van der Waals surface area contributed by atoms with Gasteiger partial charge in [0.05, 0.1) is 12.9 Å². The number of aromatic nitrogens is 2. The maximum absolute atomic E-state index is 12.9. The van der Waals surface area contributed by atoms with Crippen molar-refractivity contribution in [2.24, 2.45) is 0 Å². The molecule has 3 aromatic rings. The topological polar surface area (TPSA) is 77.2 Å². The summed E-state index contributed by atoms with van der Waals surface area (Å²) in [6.45, 7) is 0. The van der Waals surface area contributed by atoms with Crippen LogP contribution in [0.1, 0.15) is 17.9 Å². The molecule has 8 heteroatoms. The van der Waals surface area contributed by atoms with Gasteiger partial charge in [-0.25, -0.2) is 4.39 Å². The van der Waals surface area contributed by atoms with Gasteiger partial charge in [0.2, 0.25) is 11.8 Å². The van der Waals surface area contributed by atoms with Gasteiger partial charge in [-0.05, 0) is 54.8 Å². The SMILES string of the molecule is COc1ccc(CCCc2nnc(SCC(=O)Nc3ccc(F)cc3)o2)cc1. The van der Waals surface area contributed by atoms with E-state index in [1.807, 2.05) is 24.3 Å². The van der Waals surface area contributed by atoms with E-state index in [0.29, 0.717) is 23.2 Å². The number of rotatable bonds is 9. The van der Waals surface area contributed by atoms with Crippen LogP contribution in [0.2, 0.25) is 0 Å². The van der Waals surface area contributed by atoms with Crippen molar-refractivity contribution < 1.29 is 18.3 Å². The predicted molar refractivity (Wildman–Crippen MR) is 105 cm³/mol. The molecule has 0 spiro atoms. The molecule has 1 N–H and O–H groups in total. The average Bonchev–Trinajstić information content (AvgIpc) is 3.16. The second-order valence-electron chi connectivity index (χ2n) is 6.01. The van der Waals surface area contributed by atoms with E-state index >= 15 is 0 Å². The second-order valence-corrected chi connectivity index (χ2v) is 6.93. The van der Waals surface area contributed by atoms with Crippen molar-refractivity contribution in [3.8, 4) is 5.75 Å². The van der Waals surface area contributed by atoms with Crippen LogP contribution in [0.4, 0.5) is 10.1 Å². The average molecular weight is 401 g/mol. The number of hydrogen-bond donors (Lipinski definition) is 1. The summed E-state index contributed by atoms with van der Waals surface area (Å²) >= 11 is 1.17. The Morgan fingerprint density at radius 1 is 1.11 bits per heavy atom. The molecule has 0 radical (unpaired) electrons. The van der Waals surface area contributed by atoms with Crippen molar-refractivity contribution >= 4 is 23.4 Å². The molecule has 1 heterocycles. The highest BCUT2D eigenvalue weighted by atomic mass is 32.2. The fraction of sp³-hybridized carbons (Fsp3) is 0.250. The molecular formula is C20H20FN3O3S. The van der Waals surface area contributed by atoms with E-state index in [-0.39, 0.29) is 17.5 Å². The molecule has 0 aliphatic rings. The normalized spacial score (nSPS) is 10.6. The Morgan fingerprint density at radius 3 is 2.57 bits per heavy atom. The van der Waals surface area contributed by atoms with Crippen molar-refractivity contribution in [3.05, 3.63) is 65.8 Å². The largest absolute Gasteiger partial charge is 0.497 e. The van der Waals surface area contributed by atoms with Crippen molar-refractivity contribution in [3.63, 3.8) is 0 Å². The summed E-state index contributed by atoms with van der Waals surface area (Å²) in [5, 5.41) is 11.0. The molecule has 0 saturated heterocycles. The molecule has 0 aliphatic heterocycles. The molecule has 0 bridgehead atoms. The van der Waals surface area contributed by atoms with Crippen LogP contribution in [-0.4, -0.2) is 29.0 Å². The van der Waals surface area contributed by atoms with Gasteiger partial charge in [0.1, 0.15) is 11.6 Å². The van der Waals surface area contributed by atoms with Crippen LogP contribution in [0.3, 0.4) is 0 Å². The highest BCUT2D eigenvalue weighted by Gasteiger charge is 2.10. The van der Waals surface area contributed by atoms with Crippen LogP contribution in [0.15, 0.2) is 58.2 Å². The third-order valence-electron chi connectivity index (χ3n) is 3.92. The molecule has 1 aromatic heterocycles. The Hall–Kier alpha value is -2.87. The standard InChI is InChI=1S/C20H20FN3O3S/c1-26-17-11-5-14(6-12-17)3-2-4-19-23-24-20(27-19)28-13-18(25)22-16-9-7-15(21)8-10-16/h5-12H,2-4,13H2,1H3,(H,22,25). The number of hydrogen-bond acceptors (Lipinski definition) is 6. The number of benzene rings is 2. The lowest BCUT2D eigenvalue weighted by Crippen LogP contribution is -2.13. The Bertz CT molecular complexity index is 898. The van der Waals surface area contributed by atoms with E-state index in [0.717, 1.165) is 18.6 Å². The summed E-state index contributed by atoms with van der Waals surface area (Å²) in [5.41, 5.74) is 1.75. The maximum Gasteiger partial charge on any atom is 0.277 e. The number of ether oxygens (including phenoxy) is 1. The van der Waals surface area contributed by atoms with Gasteiger partial charge in [0.25, 0.3) is 5.22 Å². The first kappa shape index (κ1) is 19.9. The van der Waals surface area contributed by atoms with Crippen LogP contribution in [0.5, 0.6) is 5.75 Å². The number of nitrogens with zero attached hydrogens (tertiary/aromatic N) is 2. The first-order valence-electron chi connectivity index (χ1n) is 8.76. The number of carbonyl (C=O) groups is 1. The van der Waals surface area contributed by atoms with Gasteiger partial charge in [0, 0.05) is 12.1 Å². The molecule has 0 saturated carbocycles. The van der Waals surface area contributed by atoms with Crippen molar-refractivity contribution in [1.82, 2.24) is 10.2 Å². The zero-order valence-corrected chi connectivity index (χ0v) is 16.2. The monoisotopic (exact) mass is 401 g/mol. The fourth-order valence-electron chi connectivity index (χ4n) is 2.49. The molecule has 1 amide bonds. The summed E-state index contributed by atoms with van der Waals surface area (Å²) in [4.78, 5) is 11.9. The highest BCUT2D eigenvalue weighted by Crippen LogP contribution is 2.18. The summed E-state index contributed by atoms with van der Waals surface area (Å²) < 4.78 is 23.6. The lowest BCUT2D eigenvalue weighted by atomic mass is 10.1. The third-order valence-corrected chi connectivity index (χ3v) is 4.74. The minimum Gasteiger partial charge on any atom is -0.497 e. The van der Waals surface area contributed by atoms with Gasteiger partial charge in [-0.1, -0.05) is 23.9 Å². The zero-order chi connectivity index (χ0) is 19.8. The number of halogens is 1. The second kappa shape index (κ2) is 9.89. The van der Waals surface area contributed by atoms with Gasteiger partial charge in [-0.15, -0.1) is 10.2 Å². The summed E-state index contributed by atoms with van der Waals surface area (Å²) in [5.74, 6) is 0.944. The number of aryl methyl sites for hydroxylation is 2. The zero-order valence-electron chi connectivity index (χ0n) is 15.4. The van der Waals surface area contributed by atoms with E-state index in [1.54, 1.807) is 7.11 Å². The van der Waals surface area contributed by atoms with Gasteiger partial charge in [-0.3, -0.25) is 4.79 Å². The number of amides is 1. The quantitative estimate of drug-likeness (QED) is 0.544. The van der Waals surface area contributed by atoms with Crippen LogP contribution < -0.4 is 10.1 Å². The minimum atomic E-state index is -0.349. The number of thioether (sulfide) groups is 1. The smallest absolute Gasteiger partial charge is 0.277 e. The van der Waals surface area contributed by atoms with E-state index < -0.39 is 0 Å². The molecule has 0 fully saturated rings. The van der Waals surface area contributed by atoms with Crippen molar-refractivity contribution in [1.29, 1.82) is 0 Å². The molecule has 28 heavy (non-hydrogen) atoms. The first-order chi connectivity index (χ1) is 13.6. The lowest BCUT2D eigenvalue weighted by Gasteiger charge is -2.03. The van der Waals surface area contributed by atoms with Crippen molar-refractivity contribution in [2.45, 2.75) is 24.5 Å². The molecule has 3 rings (SSSR count). The van der Waals surface area contributed by atoms with Crippen molar-refractivity contribution in [2.75, 3.05) is 18.2 Å². The van der Waals surface area contributed by atoms with E-state index in [2.05, 4.69) is 15.5 Å². The number of nitrogens with one attached hydrogen (secondary N) is 1. The van der Waals surface area contributed by atoms with Gasteiger partial charge < -0.3 is 14.5 Å². The van der Waals surface area contributed by atoms with E-state index in [9.17, 15) is 9.18 Å². The number of anilines is 1. The Kier molecular flexibility index (Phi) is 7.02. The van der Waals surface area contributed by atoms with Crippen LogP contribution in [0, 0.1) is 5.82 Å². The Balaban J connectivity index is 1.39. The first-order valence-corrected chi connectivity index (χ1v) is 9.74. The van der Waals surface area contributed by atoms with Crippen LogP contribution in [-0.2, 0) is 17.6 Å². The number of methoxy groups -OCH3 is 1. The molecule has 146 valence electrons. The molecule has 6 nitrogen and oxygen atoms in total. The van der Waals surface area contributed by atoms with Gasteiger partial charge in [-0.2, -0.15) is 0 Å². The van der Waals surface area contributed by atoms with Gasteiger partial charge in [0.15, 0.2) is 0 Å².